The Hall–Kier alpha value is -0.0871. The predicted octanol–water partition coefficient (Wildman–Crippen LogP) is 2.11. The van der Waals surface area contributed by atoms with E-state index in [-0.39, 0.29) is 0 Å². The molecule has 0 amide bonds. The zero-order chi connectivity index (χ0) is 8.48. The number of rotatable bonds is 2. The molecule has 0 spiro atoms. The molecule has 60 valence electrons. The summed E-state index contributed by atoms with van der Waals surface area (Å²) in [5, 5.41) is 0. The molecule has 1 nitrogen and oxygen atoms in total. The molecule has 0 aliphatic carbocycles. The molecule has 1 aromatic heterocycles. The molecular formula is C8H12GeOS. The molecule has 0 radical (unpaired) electrons. The van der Waals surface area contributed by atoms with Gasteiger partial charge >= 0.3 is 73.7 Å². The van der Waals surface area contributed by atoms with Crippen LogP contribution in [-0.2, 0) is 0 Å². The van der Waals surface area contributed by atoms with Crippen molar-refractivity contribution in [2.75, 3.05) is 0 Å². The second kappa shape index (κ2) is 3.11. The molecule has 0 bridgehead atoms. The fourth-order valence-corrected chi connectivity index (χ4v) is 5.59. The van der Waals surface area contributed by atoms with Gasteiger partial charge in [-0.05, 0) is 0 Å². The van der Waals surface area contributed by atoms with Gasteiger partial charge in [-0.3, -0.25) is 0 Å². The third kappa shape index (κ3) is 2.17. The van der Waals surface area contributed by atoms with Gasteiger partial charge in [-0.25, -0.2) is 0 Å². The molecule has 1 rings (SSSR count). The summed E-state index contributed by atoms with van der Waals surface area (Å²) in [5.74, 6) is 7.00. The van der Waals surface area contributed by atoms with Gasteiger partial charge in [-0.2, -0.15) is 0 Å². The van der Waals surface area contributed by atoms with E-state index in [2.05, 4.69) is 23.3 Å². The van der Waals surface area contributed by atoms with E-state index in [4.69, 9.17) is 0 Å². The standard InChI is InChI=1S/C8H12GeOS/c1-9(2,3)8-5-4-7(6-10)11-8/h4-6H,1-3H3. The molecule has 1 aromatic rings. The fraction of sp³-hybridized carbons (Fsp3) is 0.375. The molecule has 0 aliphatic rings. The molecule has 0 aliphatic heterocycles. The molecule has 0 aromatic carbocycles. The van der Waals surface area contributed by atoms with Gasteiger partial charge < -0.3 is 0 Å². The van der Waals surface area contributed by atoms with Crippen LogP contribution in [0.5, 0.6) is 0 Å². The van der Waals surface area contributed by atoms with Crippen molar-refractivity contribution in [1.29, 1.82) is 0 Å². The maximum atomic E-state index is 10.4. The minimum absolute atomic E-state index is 0.862. The number of hydrogen-bond acceptors (Lipinski definition) is 2. The van der Waals surface area contributed by atoms with Gasteiger partial charge in [0.15, 0.2) is 0 Å². The Morgan fingerprint density at radius 3 is 2.27 bits per heavy atom. The van der Waals surface area contributed by atoms with E-state index in [0.29, 0.717) is 0 Å². The van der Waals surface area contributed by atoms with Crippen molar-refractivity contribution >= 4 is 34.6 Å². The van der Waals surface area contributed by atoms with Crippen molar-refractivity contribution in [2.45, 2.75) is 17.3 Å². The first-order valence-electron chi connectivity index (χ1n) is 3.59. The van der Waals surface area contributed by atoms with Crippen molar-refractivity contribution in [3.05, 3.63) is 17.0 Å². The van der Waals surface area contributed by atoms with Crippen LogP contribution in [0.3, 0.4) is 0 Å². The van der Waals surface area contributed by atoms with E-state index in [1.165, 1.54) is 3.71 Å². The maximum absolute atomic E-state index is 10.4. The molecule has 11 heavy (non-hydrogen) atoms. The molecule has 0 saturated heterocycles. The molecule has 0 unspecified atom stereocenters. The topological polar surface area (TPSA) is 17.1 Å². The van der Waals surface area contributed by atoms with Crippen LogP contribution in [0.2, 0.25) is 17.3 Å². The zero-order valence-electron chi connectivity index (χ0n) is 7.05. The molecule has 0 fully saturated rings. The third-order valence-electron chi connectivity index (χ3n) is 1.48. The molecule has 0 saturated carbocycles. The monoisotopic (exact) mass is 230 g/mol. The average molecular weight is 229 g/mol. The Bertz CT molecular complexity index is 259. The van der Waals surface area contributed by atoms with Crippen molar-refractivity contribution in [3.8, 4) is 0 Å². The SMILES string of the molecule is [CH3][Ge]([CH3])([CH3])[c]1ccc(C=O)s1. The summed E-state index contributed by atoms with van der Waals surface area (Å²) in [7, 11) is 0. The van der Waals surface area contributed by atoms with Crippen LogP contribution in [0.15, 0.2) is 12.1 Å². The van der Waals surface area contributed by atoms with Crippen LogP contribution in [0.4, 0.5) is 0 Å². The average Bonchev–Trinajstić information content (AvgIpc) is 2.32. The van der Waals surface area contributed by atoms with E-state index >= 15 is 0 Å². The van der Waals surface area contributed by atoms with Crippen LogP contribution in [-0.4, -0.2) is 19.6 Å². The Kier molecular flexibility index (Phi) is 2.55. The number of thiophene rings is 1. The minimum atomic E-state index is -1.64. The van der Waals surface area contributed by atoms with Crippen LogP contribution in [0, 0.1) is 0 Å². The summed E-state index contributed by atoms with van der Waals surface area (Å²) in [4.78, 5) is 11.2. The van der Waals surface area contributed by atoms with Gasteiger partial charge in [0.25, 0.3) is 0 Å². The van der Waals surface area contributed by atoms with Crippen LogP contribution in [0.25, 0.3) is 0 Å². The molecule has 0 N–H and O–H groups in total. The van der Waals surface area contributed by atoms with Crippen molar-refractivity contribution in [2.24, 2.45) is 0 Å². The summed E-state index contributed by atoms with van der Waals surface area (Å²) in [6, 6.07) is 4.03. The van der Waals surface area contributed by atoms with Gasteiger partial charge in [-0.1, -0.05) is 0 Å². The normalized spacial score (nSPS) is 11.5. The first kappa shape index (κ1) is 9.00. The number of carbonyl (C=O) groups excluding carboxylic acids is 1. The molecule has 1 heterocycles. The Morgan fingerprint density at radius 1 is 1.36 bits per heavy atom. The summed E-state index contributed by atoms with van der Waals surface area (Å²) in [6.45, 7) is 0. The quantitative estimate of drug-likeness (QED) is 0.560. The van der Waals surface area contributed by atoms with E-state index in [1.807, 2.05) is 6.07 Å². The molecule has 3 heteroatoms. The van der Waals surface area contributed by atoms with Crippen LogP contribution in [0.1, 0.15) is 9.67 Å². The van der Waals surface area contributed by atoms with E-state index in [9.17, 15) is 4.79 Å². The summed E-state index contributed by atoms with van der Waals surface area (Å²) in [6.07, 6.45) is 0.933. The Labute approximate surface area is 73.8 Å². The van der Waals surface area contributed by atoms with Gasteiger partial charge in [0.05, 0.1) is 0 Å². The van der Waals surface area contributed by atoms with Crippen molar-refractivity contribution < 1.29 is 4.79 Å². The first-order valence-corrected chi connectivity index (χ1v) is 11.8. The summed E-state index contributed by atoms with van der Waals surface area (Å²) >= 11 is 0.0164. The molecule has 0 atom stereocenters. The summed E-state index contributed by atoms with van der Waals surface area (Å²) in [5.41, 5.74) is 0. The van der Waals surface area contributed by atoms with Gasteiger partial charge in [0, 0.05) is 0 Å². The van der Waals surface area contributed by atoms with Crippen molar-refractivity contribution in [3.63, 3.8) is 0 Å². The van der Waals surface area contributed by atoms with Gasteiger partial charge in [0.1, 0.15) is 0 Å². The van der Waals surface area contributed by atoms with E-state index < -0.39 is 13.3 Å². The predicted molar refractivity (Wildman–Crippen MR) is 52.7 cm³/mol. The van der Waals surface area contributed by atoms with Crippen LogP contribution < -0.4 is 3.71 Å². The summed E-state index contributed by atoms with van der Waals surface area (Å²) < 4.78 is 1.45. The van der Waals surface area contributed by atoms with Gasteiger partial charge in [-0.15, -0.1) is 0 Å². The number of carbonyl (C=O) groups is 1. The Balaban J connectivity index is 2.98. The fourth-order valence-electron chi connectivity index (χ4n) is 0.819. The van der Waals surface area contributed by atoms with E-state index in [1.54, 1.807) is 11.3 Å². The van der Waals surface area contributed by atoms with Crippen LogP contribution >= 0.6 is 11.3 Å². The van der Waals surface area contributed by atoms with Gasteiger partial charge in [0.2, 0.25) is 0 Å². The van der Waals surface area contributed by atoms with E-state index in [0.717, 1.165) is 11.2 Å². The second-order valence-electron chi connectivity index (χ2n) is 3.57. The first-order chi connectivity index (χ1) is 5.04. The Morgan fingerprint density at radius 2 is 2.00 bits per heavy atom. The second-order valence-corrected chi connectivity index (χ2v) is 16.0. The molecular weight excluding hydrogens is 217 g/mol. The number of hydrogen-bond donors (Lipinski definition) is 0. The van der Waals surface area contributed by atoms with Crippen molar-refractivity contribution in [1.82, 2.24) is 0 Å². The zero-order valence-corrected chi connectivity index (χ0v) is 9.96. The third-order valence-corrected chi connectivity index (χ3v) is 9.58. The number of aldehydes is 1.